The molecule has 1 aliphatic heterocycles. The molecule has 0 N–H and O–H groups in total. The first-order valence-corrected chi connectivity index (χ1v) is 10.3. The van der Waals surface area contributed by atoms with Gasteiger partial charge in [0.05, 0.1) is 16.0 Å². The predicted octanol–water partition coefficient (Wildman–Crippen LogP) is 2.51. The van der Waals surface area contributed by atoms with E-state index in [9.17, 15) is 26.4 Å². The molecular formula is C19H17F3N4O3S. The van der Waals surface area contributed by atoms with E-state index in [-0.39, 0.29) is 41.7 Å². The highest BCUT2D eigenvalue weighted by molar-refractivity contribution is 7.89. The van der Waals surface area contributed by atoms with Crippen LogP contribution in [0.4, 0.5) is 13.2 Å². The van der Waals surface area contributed by atoms with Crippen molar-refractivity contribution >= 4 is 15.9 Å². The minimum absolute atomic E-state index is 0.00119. The lowest BCUT2D eigenvalue weighted by Gasteiger charge is -2.39. The van der Waals surface area contributed by atoms with Crippen LogP contribution < -0.4 is 0 Å². The first kappa shape index (κ1) is 21.7. The summed E-state index contributed by atoms with van der Waals surface area (Å²) in [6.07, 6.45) is -3.26. The number of piperazine rings is 1. The number of hydrogen-bond acceptors (Lipinski definition) is 5. The Kier molecular flexibility index (Phi) is 5.83. The molecule has 2 heterocycles. The van der Waals surface area contributed by atoms with E-state index >= 15 is 0 Å². The highest BCUT2D eigenvalue weighted by atomic mass is 32.2. The van der Waals surface area contributed by atoms with Crippen LogP contribution in [-0.2, 0) is 16.2 Å². The summed E-state index contributed by atoms with van der Waals surface area (Å²) in [7, 11) is -4.00. The second kappa shape index (κ2) is 8.04. The van der Waals surface area contributed by atoms with Gasteiger partial charge in [0.2, 0.25) is 10.0 Å². The maximum absolute atomic E-state index is 12.8. The van der Waals surface area contributed by atoms with Gasteiger partial charge in [0.15, 0.2) is 0 Å². The third-order valence-corrected chi connectivity index (χ3v) is 6.67. The van der Waals surface area contributed by atoms with Crippen LogP contribution in [0.5, 0.6) is 0 Å². The van der Waals surface area contributed by atoms with Crippen molar-refractivity contribution in [3.05, 3.63) is 59.4 Å². The number of aromatic nitrogens is 1. The minimum atomic E-state index is -4.55. The molecule has 0 bridgehead atoms. The average molecular weight is 438 g/mol. The van der Waals surface area contributed by atoms with Crippen LogP contribution in [0.2, 0.25) is 0 Å². The number of benzene rings is 1. The van der Waals surface area contributed by atoms with Gasteiger partial charge in [-0.3, -0.25) is 4.79 Å². The number of carbonyl (C=O) groups excluding carboxylic acids is 1. The molecule has 0 saturated carbocycles. The van der Waals surface area contributed by atoms with Gasteiger partial charge < -0.3 is 4.90 Å². The maximum atomic E-state index is 12.8. The molecule has 1 saturated heterocycles. The third kappa shape index (κ3) is 4.29. The van der Waals surface area contributed by atoms with E-state index in [1.807, 2.05) is 6.07 Å². The molecule has 11 heteroatoms. The molecule has 1 fully saturated rings. The molecular weight excluding hydrogens is 421 g/mol. The van der Waals surface area contributed by atoms with E-state index < -0.39 is 27.8 Å². The van der Waals surface area contributed by atoms with Crippen molar-refractivity contribution in [1.29, 1.82) is 5.26 Å². The zero-order chi connectivity index (χ0) is 22.1. The lowest BCUT2D eigenvalue weighted by Crippen LogP contribution is -2.55. The summed E-state index contributed by atoms with van der Waals surface area (Å²) in [6, 6.07) is 7.62. The molecule has 3 rings (SSSR count). The number of rotatable bonds is 3. The van der Waals surface area contributed by atoms with Gasteiger partial charge in [-0.15, -0.1) is 0 Å². The molecule has 158 valence electrons. The molecule has 0 spiro atoms. The fourth-order valence-corrected chi connectivity index (χ4v) is 4.67. The van der Waals surface area contributed by atoms with E-state index in [2.05, 4.69) is 4.98 Å². The summed E-state index contributed by atoms with van der Waals surface area (Å²) in [5.41, 5.74) is -0.479. The molecule has 1 aromatic heterocycles. The summed E-state index contributed by atoms with van der Waals surface area (Å²) in [4.78, 5) is 17.8. The second-order valence-electron chi connectivity index (χ2n) is 6.78. The van der Waals surface area contributed by atoms with Gasteiger partial charge in [0.25, 0.3) is 5.91 Å². The molecule has 0 unspecified atom stereocenters. The fraction of sp³-hybridized carbons (Fsp3) is 0.316. The van der Waals surface area contributed by atoms with Crippen LogP contribution in [0.1, 0.15) is 28.5 Å². The first-order chi connectivity index (χ1) is 14.0. The molecule has 1 aliphatic rings. The van der Waals surface area contributed by atoms with Crippen LogP contribution in [0.25, 0.3) is 0 Å². The van der Waals surface area contributed by atoms with Crippen LogP contribution in [-0.4, -0.2) is 54.2 Å². The Morgan fingerprint density at radius 1 is 1.17 bits per heavy atom. The third-order valence-electron chi connectivity index (χ3n) is 4.80. The zero-order valence-electron chi connectivity index (χ0n) is 15.8. The van der Waals surface area contributed by atoms with Gasteiger partial charge in [-0.1, -0.05) is 0 Å². The first-order valence-electron chi connectivity index (χ1n) is 8.88. The van der Waals surface area contributed by atoms with Crippen molar-refractivity contribution in [3.63, 3.8) is 0 Å². The van der Waals surface area contributed by atoms with Crippen LogP contribution >= 0.6 is 0 Å². The van der Waals surface area contributed by atoms with Crippen molar-refractivity contribution in [2.24, 2.45) is 0 Å². The molecule has 2 aromatic rings. The Labute approximate surface area is 171 Å². The monoisotopic (exact) mass is 438 g/mol. The number of alkyl halides is 3. The van der Waals surface area contributed by atoms with Crippen LogP contribution in [0.3, 0.4) is 0 Å². The summed E-state index contributed by atoms with van der Waals surface area (Å²) in [5, 5.41) is 8.79. The number of nitrogens with zero attached hydrogens (tertiary/aromatic N) is 4. The number of pyridine rings is 1. The summed E-state index contributed by atoms with van der Waals surface area (Å²) >= 11 is 0. The van der Waals surface area contributed by atoms with Gasteiger partial charge in [0.1, 0.15) is 11.8 Å². The van der Waals surface area contributed by atoms with E-state index in [0.29, 0.717) is 0 Å². The SMILES string of the molecule is C[C@H]1CN(S(=O)(=O)c2ccc(C(F)(F)F)cc2)CCN1C(=O)c1ccc(C#N)nc1. The lowest BCUT2D eigenvalue weighted by molar-refractivity contribution is -0.137. The Bertz CT molecular complexity index is 1080. The van der Waals surface area contributed by atoms with E-state index in [0.717, 1.165) is 28.6 Å². The lowest BCUT2D eigenvalue weighted by atomic mass is 10.1. The molecule has 7 nitrogen and oxygen atoms in total. The summed E-state index contributed by atoms with van der Waals surface area (Å²) in [5.74, 6) is -0.342. The van der Waals surface area contributed by atoms with Crippen molar-refractivity contribution in [2.75, 3.05) is 19.6 Å². The smallest absolute Gasteiger partial charge is 0.333 e. The minimum Gasteiger partial charge on any atom is -0.333 e. The van der Waals surface area contributed by atoms with Gasteiger partial charge >= 0.3 is 6.18 Å². The highest BCUT2D eigenvalue weighted by Crippen LogP contribution is 2.30. The van der Waals surface area contributed by atoms with E-state index in [1.54, 1.807) is 6.92 Å². The number of sulfonamides is 1. The number of hydrogen-bond donors (Lipinski definition) is 0. The van der Waals surface area contributed by atoms with E-state index in [1.165, 1.54) is 23.2 Å². The standard InChI is InChI=1S/C19H17F3N4O3S/c1-13-12-25(30(28,29)17-6-3-15(4-7-17)19(20,21)22)8-9-26(13)18(27)14-2-5-16(10-23)24-11-14/h2-7,11,13H,8-9,12H2,1H3/t13-/m0/s1. The molecule has 1 atom stereocenters. The Morgan fingerprint density at radius 3 is 2.33 bits per heavy atom. The number of halogens is 3. The van der Waals surface area contributed by atoms with Gasteiger partial charge in [-0.05, 0) is 43.3 Å². The van der Waals surface area contributed by atoms with Crippen molar-refractivity contribution in [3.8, 4) is 6.07 Å². The average Bonchev–Trinajstić information content (AvgIpc) is 2.72. The Morgan fingerprint density at radius 2 is 1.83 bits per heavy atom. The number of nitriles is 1. The van der Waals surface area contributed by atoms with Crippen LogP contribution in [0.15, 0.2) is 47.5 Å². The zero-order valence-corrected chi connectivity index (χ0v) is 16.6. The molecule has 1 amide bonds. The Balaban J connectivity index is 1.73. The van der Waals surface area contributed by atoms with Crippen molar-refractivity contribution in [2.45, 2.75) is 24.0 Å². The molecule has 0 radical (unpaired) electrons. The maximum Gasteiger partial charge on any atom is 0.416 e. The summed E-state index contributed by atoms with van der Waals surface area (Å²) < 4.78 is 64.9. The largest absolute Gasteiger partial charge is 0.416 e. The highest BCUT2D eigenvalue weighted by Gasteiger charge is 2.35. The van der Waals surface area contributed by atoms with Crippen molar-refractivity contribution in [1.82, 2.24) is 14.2 Å². The topological polar surface area (TPSA) is 94.4 Å². The van der Waals surface area contributed by atoms with Gasteiger partial charge in [-0.2, -0.15) is 22.7 Å². The molecule has 30 heavy (non-hydrogen) atoms. The second-order valence-corrected chi connectivity index (χ2v) is 8.71. The van der Waals surface area contributed by atoms with Gasteiger partial charge in [-0.25, -0.2) is 13.4 Å². The predicted molar refractivity (Wildman–Crippen MR) is 99.7 cm³/mol. The van der Waals surface area contributed by atoms with Crippen LogP contribution in [0, 0.1) is 11.3 Å². The molecule has 1 aromatic carbocycles. The number of carbonyl (C=O) groups is 1. The molecule has 0 aliphatic carbocycles. The summed E-state index contributed by atoms with van der Waals surface area (Å²) in [6.45, 7) is 1.80. The van der Waals surface area contributed by atoms with Gasteiger partial charge in [0, 0.05) is 31.9 Å². The number of amides is 1. The normalized spacial score (nSPS) is 18.1. The Hall–Kier alpha value is -2.97. The van der Waals surface area contributed by atoms with Crippen molar-refractivity contribution < 1.29 is 26.4 Å². The van der Waals surface area contributed by atoms with E-state index in [4.69, 9.17) is 5.26 Å². The quantitative estimate of drug-likeness (QED) is 0.734. The fourth-order valence-electron chi connectivity index (χ4n) is 3.16.